The van der Waals surface area contributed by atoms with E-state index in [1.54, 1.807) is 6.07 Å². The monoisotopic (exact) mass is 430 g/mol. The van der Waals surface area contributed by atoms with Gasteiger partial charge in [-0.05, 0) is 71.8 Å². The molecule has 0 N–H and O–H groups in total. The fraction of sp³-hybridized carbons (Fsp3) is 0.133. The molecule has 2 aromatic rings. The Hall–Kier alpha value is -0.880. The van der Waals surface area contributed by atoms with Crippen LogP contribution in [0.4, 0.5) is 0 Å². The molecule has 0 saturated heterocycles. The van der Waals surface area contributed by atoms with Crippen LogP contribution in [-0.4, -0.2) is 5.97 Å². The molecule has 0 atom stereocenters. The first-order valence-corrected chi connectivity index (χ1v) is 7.59. The molecular weight excluding hydrogens is 419 g/mol. The maximum absolute atomic E-state index is 12.2. The van der Waals surface area contributed by atoms with Gasteiger partial charge in [-0.1, -0.05) is 28.1 Å². The van der Waals surface area contributed by atoms with E-state index in [1.807, 2.05) is 44.2 Å². The second-order valence-corrected chi connectivity index (χ2v) is 6.32. The summed E-state index contributed by atoms with van der Waals surface area (Å²) in [6.07, 6.45) is 0. The minimum atomic E-state index is -0.321. The minimum Gasteiger partial charge on any atom is -0.422 e. The number of benzene rings is 2. The Kier molecular flexibility index (Phi) is 4.62. The molecule has 0 fully saturated rings. The molecule has 19 heavy (non-hydrogen) atoms. The summed E-state index contributed by atoms with van der Waals surface area (Å²) in [5, 5.41) is 0. The Morgan fingerprint density at radius 3 is 2.32 bits per heavy atom. The molecule has 0 heterocycles. The molecule has 0 aliphatic rings. The maximum atomic E-state index is 12.2. The van der Waals surface area contributed by atoms with E-state index in [9.17, 15) is 4.79 Å². The Morgan fingerprint density at radius 2 is 1.74 bits per heavy atom. The number of ether oxygens (including phenoxy) is 1. The first-order valence-electron chi connectivity index (χ1n) is 5.72. The average Bonchev–Trinajstić information content (AvgIpc) is 2.34. The Morgan fingerprint density at radius 1 is 1.16 bits per heavy atom. The molecule has 0 spiro atoms. The van der Waals surface area contributed by atoms with Gasteiger partial charge in [0.15, 0.2) is 0 Å². The average molecular weight is 431 g/mol. The number of aryl methyl sites for hydroxylation is 2. The van der Waals surface area contributed by atoms with Crippen LogP contribution in [0.15, 0.2) is 40.9 Å². The number of hydrogen-bond donors (Lipinski definition) is 0. The van der Waals surface area contributed by atoms with E-state index in [0.717, 1.165) is 19.2 Å². The molecule has 0 radical (unpaired) electrons. The molecule has 98 valence electrons. The molecule has 2 rings (SSSR count). The number of halogens is 2. The smallest absolute Gasteiger partial charge is 0.344 e. The topological polar surface area (TPSA) is 26.3 Å². The van der Waals surface area contributed by atoms with Gasteiger partial charge in [-0.3, -0.25) is 0 Å². The molecule has 0 unspecified atom stereocenters. The van der Waals surface area contributed by atoms with Crippen LogP contribution < -0.4 is 4.74 Å². The van der Waals surface area contributed by atoms with Crippen LogP contribution in [0.5, 0.6) is 5.75 Å². The highest BCUT2D eigenvalue weighted by molar-refractivity contribution is 14.1. The third-order valence-electron chi connectivity index (χ3n) is 2.71. The lowest BCUT2D eigenvalue weighted by Crippen LogP contribution is -2.11. The molecule has 0 bridgehead atoms. The molecular formula is C15H12BrIO2. The van der Waals surface area contributed by atoms with Gasteiger partial charge in [0.1, 0.15) is 5.75 Å². The lowest BCUT2D eigenvalue weighted by molar-refractivity contribution is 0.0731. The second-order valence-electron chi connectivity index (χ2n) is 4.24. The fourth-order valence-electron chi connectivity index (χ4n) is 1.83. The molecule has 2 nitrogen and oxygen atoms in total. The summed E-state index contributed by atoms with van der Waals surface area (Å²) in [7, 11) is 0. The van der Waals surface area contributed by atoms with Crippen molar-refractivity contribution < 1.29 is 9.53 Å². The van der Waals surface area contributed by atoms with Gasteiger partial charge in [-0.15, -0.1) is 0 Å². The van der Waals surface area contributed by atoms with Gasteiger partial charge in [-0.25, -0.2) is 4.79 Å². The van der Waals surface area contributed by atoms with Gasteiger partial charge >= 0.3 is 5.97 Å². The molecule has 0 aliphatic carbocycles. The van der Waals surface area contributed by atoms with E-state index in [1.165, 1.54) is 0 Å². The van der Waals surface area contributed by atoms with Crippen molar-refractivity contribution in [1.82, 2.24) is 0 Å². The highest BCUT2D eigenvalue weighted by atomic mass is 127. The van der Waals surface area contributed by atoms with Crippen LogP contribution in [-0.2, 0) is 0 Å². The van der Waals surface area contributed by atoms with Crippen molar-refractivity contribution in [2.75, 3.05) is 0 Å². The van der Waals surface area contributed by atoms with Crippen molar-refractivity contribution in [1.29, 1.82) is 0 Å². The van der Waals surface area contributed by atoms with Gasteiger partial charge in [0, 0.05) is 8.04 Å². The zero-order valence-electron chi connectivity index (χ0n) is 10.5. The van der Waals surface area contributed by atoms with Crippen LogP contribution in [0, 0.1) is 17.4 Å². The van der Waals surface area contributed by atoms with E-state index in [4.69, 9.17) is 4.74 Å². The van der Waals surface area contributed by atoms with Crippen LogP contribution in [0.3, 0.4) is 0 Å². The van der Waals surface area contributed by atoms with Gasteiger partial charge in [0.25, 0.3) is 0 Å². The molecule has 0 aliphatic heterocycles. The normalized spacial score (nSPS) is 10.3. The van der Waals surface area contributed by atoms with Gasteiger partial charge < -0.3 is 4.74 Å². The van der Waals surface area contributed by atoms with Gasteiger partial charge in [0.05, 0.1) is 5.56 Å². The molecule has 0 aromatic heterocycles. The van der Waals surface area contributed by atoms with E-state index in [0.29, 0.717) is 11.3 Å². The first-order chi connectivity index (χ1) is 8.99. The van der Waals surface area contributed by atoms with Gasteiger partial charge in [-0.2, -0.15) is 0 Å². The predicted octanol–water partition coefficient (Wildman–Crippen LogP) is 4.89. The summed E-state index contributed by atoms with van der Waals surface area (Å²) in [6.45, 7) is 3.85. The Balaban J connectivity index is 2.32. The summed E-state index contributed by atoms with van der Waals surface area (Å²) in [4.78, 5) is 12.2. The van der Waals surface area contributed by atoms with E-state index in [-0.39, 0.29) is 5.97 Å². The van der Waals surface area contributed by atoms with Crippen LogP contribution in [0.25, 0.3) is 0 Å². The third-order valence-corrected chi connectivity index (χ3v) is 4.11. The van der Waals surface area contributed by atoms with E-state index < -0.39 is 0 Å². The van der Waals surface area contributed by atoms with Crippen molar-refractivity contribution in [2.24, 2.45) is 0 Å². The van der Waals surface area contributed by atoms with Crippen LogP contribution >= 0.6 is 38.5 Å². The maximum Gasteiger partial charge on any atom is 0.344 e. The van der Waals surface area contributed by atoms with E-state index in [2.05, 4.69) is 38.5 Å². The molecule has 4 heteroatoms. The van der Waals surface area contributed by atoms with Crippen LogP contribution in [0.2, 0.25) is 0 Å². The van der Waals surface area contributed by atoms with Crippen molar-refractivity contribution in [3.05, 3.63) is 61.1 Å². The predicted molar refractivity (Wildman–Crippen MR) is 87.7 cm³/mol. The molecule has 2 aromatic carbocycles. The zero-order valence-corrected chi connectivity index (χ0v) is 14.3. The zero-order chi connectivity index (χ0) is 14.0. The first kappa shape index (κ1) is 14.5. The standard InChI is InChI=1S/C15H12BrIO2/c1-9-7-11(16)8-10(2)14(9)19-15(18)12-5-3-4-6-13(12)17/h3-8H,1-2H3. The third kappa shape index (κ3) is 3.36. The largest absolute Gasteiger partial charge is 0.422 e. The van der Waals surface area contributed by atoms with Crippen molar-refractivity contribution in [2.45, 2.75) is 13.8 Å². The number of carbonyl (C=O) groups excluding carboxylic acids is 1. The molecule has 0 saturated carbocycles. The fourth-order valence-corrected chi connectivity index (χ4v) is 3.13. The summed E-state index contributed by atoms with van der Waals surface area (Å²) >= 11 is 5.56. The Labute approximate surface area is 134 Å². The number of hydrogen-bond acceptors (Lipinski definition) is 2. The van der Waals surface area contributed by atoms with Crippen molar-refractivity contribution in [3.8, 4) is 5.75 Å². The minimum absolute atomic E-state index is 0.321. The summed E-state index contributed by atoms with van der Waals surface area (Å²) in [6, 6.07) is 11.3. The number of esters is 1. The lowest BCUT2D eigenvalue weighted by atomic mass is 10.1. The van der Waals surface area contributed by atoms with Crippen molar-refractivity contribution in [3.63, 3.8) is 0 Å². The van der Waals surface area contributed by atoms with Gasteiger partial charge in [0.2, 0.25) is 0 Å². The summed E-state index contributed by atoms with van der Waals surface area (Å²) in [5.41, 5.74) is 2.46. The summed E-state index contributed by atoms with van der Waals surface area (Å²) < 4.78 is 7.40. The molecule has 0 amide bonds. The highest BCUT2D eigenvalue weighted by Gasteiger charge is 2.15. The second kappa shape index (κ2) is 6.05. The lowest BCUT2D eigenvalue weighted by Gasteiger charge is -2.11. The number of carbonyl (C=O) groups is 1. The van der Waals surface area contributed by atoms with Crippen molar-refractivity contribution >= 4 is 44.5 Å². The summed E-state index contributed by atoms with van der Waals surface area (Å²) in [5.74, 6) is 0.311. The highest BCUT2D eigenvalue weighted by Crippen LogP contribution is 2.28. The SMILES string of the molecule is Cc1cc(Br)cc(C)c1OC(=O)c1ccccc1I. The van der Waals surface area contributed by atoms with E-state index >= 15 is 0 Å². The number of rotatable bonds is 2. The Bertz CT molecular complexity index is 615. The van der Waals surface area contributed by atoms with Crippen LogP contribution in [0.1, 0.15) is 21.5 Å². The quantitative estimate of drug-likeness (QED) is 0.385.